The van der Waals surface area contributed by atoms with Crippen LogP contribution >= 0.6 is 31.4 Å². The zero-order chi connectivity index (χ0) is 27.8. The van der Waals surface area contributed by atoms with Crippen LogP contribution in [0.3, 0.4) is 0 Å². The van der Waals surface area contributed by atoms with E-state index < -0.39 is 17.6 Å². The van der Waals surface area contributed by atoms with E-state index in [1.807, 2.05) is 31.4 Å². The highest BCUT2D eigenvalue weighted by Gasteiger charge is 2.42. The van der Waals surface area contributed by atoms with Gasteiger partial charge in [0.25, 0.3) is 0 Å². The topological polar surface area (TPSA) is 55.4 Å². The van der Waals surface area contributed by atoms with Crippen molar-refractivity contribution in [2.24, 2.45) is 0 Å². The van der Waals surface area contributed by atoms with Crippen molar-refractivity contribution in [1.82, 2.24) is 0 Å². The zero-order valence-electron chi connectivity index (χ0n) is 25.1. The molecule has 0 heterocycles. The Morgan fingerprint density at radius 2 is 0.703 bits per heavy atom. The van der Waals surface area contributed by atoms with Gasteiger partial charge in [-0.15, -0.1) is 0 Å². The Bertz CT molecular complexity index is 425. The van der Waals surface area contributed by atoms with Gasteiger partial charge in [0.05, 0.1) is 0 Å². The first-order chi connectivity index (χ1) is 17.9. The van der Waals surface area contributed by atoms with Crippen LogP contribution in [0.4, 0.5) is 0 Å². The summed E-state index contributed by atoms with van der Waals surface area (Å²) < 4.78 is 37.6. The van der Waals surface area contributed by atoms with Crippen LogP contribution in [0.25, 0.3) is 0 Å². The zero-order valence-corrected chi connectivity index (χ0v) is 29.6. The Labute approximate surface area is 243 Å². The molecule has 0 aliphatic carbocycles. The number of hydrogen-bond donors (Lipinski definition) is 0. The number of rotatable bonds is 28. The summed E-state index contributed by atoms with van der Waals surface area (Å²) in [5, 5.41) is 0.999. The van der Waals surface area contributed by atoms with Gasteiger partial charge in [0.15, 0.2) is 0 Å². The minimum absolute atomic E-state index is 0.499. The maximum atomic E-state index is 6.27. The van der Waals surface area contributed by atoms with Crippen molar-refractivity contribution in [3.63, 3.8) is 0 Å². The fraction of sp³-hybridized carbons (Fsp3) is 1.00. The van der Waals surface area contributed by atoms with Gasteiger partial charge in [0.1, 0.15) is 0 Å². The molecule has 11 heteroatoms. The fourth-order valence-electron chi connectivity index (χ4n) is 3.24. The summed E-state index contributed by atoms with van der Waals surface area (Å²) in [6, 6.07) is 1.77. The molecule has 2 atom stereocenters. The second-order valence-electron chi connectivity index (χ2n) is 9.42. The van der Waals surface area contributed by atoms with Gasteiger partial charge in [-0.1, -0.05) is 77.0 Å². The minimum atomic E-state index is -2.62. The molecule has 0 spiro atoms. The molecular weight excluding hydrogens is 561 g/mol. The molecule has 0 aromatic carbocycles. The van der Waals surface area contributed by atoms with Crippen molar-refractivity contribution in [2.45, 2.75) is 129 Å². The lowest BCUT2D eigenvalue weighted by atomic mass is 10.4. The van der Waals surface area contributed by atoms with Crippen LogP contribution in [0.15, 0.2) is 0 Å². The van der Waals surface area contributed by atoms with Gasteiger partial charge < -0.3 is 26.6 Å². The Hall–Kier alpha value is 1.24. The molecule has 0 aliphatic heterocycles. The summed E-state index contributed by atoms with van der Waals surface area (Å²) in [5.41, 5.74) is 0. The van der Waals surface area contributed by atoms with E-state index in [9.17, 15) is 0 Å². The number of hydrogen-bond acceptors (Lipinski definition) is 9. The molecule has 0 aliphatic rings. The average Bonchev–Trinajstić information content (AvgIpc) is 2.91. The second-order valence-corrected chi connectivity index (χ2v) is 19.8. The van der Waals surface area contributed by atoms with Gasteiger partial charge in [0, 0.05) is 62.2 Å². The molecule has 0 rings (SSSR count). The summed E-state index contributed by atoms with van der Waals surface area (Å²) in [4.78, 5) is 0. The molecular formula is C26H58O6S3Si2. The summed E-state index contributed by atoms with van der Waals surface area (Å²) in [7, 11) is 0.554. The molecule has 0 bridgehead atoms. The van der Waals surface area contributed by atoms with Crippen molar-refractivity contribution >= 4 is 49.0 Å². The molecule has 0 saturated heterocycles. The molecule has 6 nitrogen and oxygen atoms in total. The minimum Gasteiger partial charge on any atom is -0.373 e. The summed E-state index contributed by atoms with van der Waals surface area (Å²) in [5.74, 6) is 0. The van der Waals surface area contributed by atoms with E-state index in [2.05, 4.69) is 55.4 Å². The van der Waals surface area contributed by atoms with Gasteiger partial charge >= 0.3 is 17.6 Å². The van der Waals surface area contributed by atoms with Crippen LogP contribution in [0.2, 0.25) is 12.1 Å². The molecule has 0 aromatic rings. The lowest BCUT2D eigenvalue weighted by molar-refractivity contribution is 0.0582. The standard InChI is InChI=1S/C26H58O6S3Si2/c1-9-17-27-36(28-18-10-2,29-19-11-3)23-15-25(7)33-35-34-26(8)16-24-37(30-20-12-4,31-21-13-5)32-22-14-6/h25-26H,9-24H2,1-8H3. The van der Waals surface area contributed by atoms with Crippen LogP contribution in [-0.2, 0) is 26.6 Å². The second kappa shape index (κ2) is 25.0. The molecule has 2 unspecified atom stereocenters. The van der Waals surface area contributed by atoms with E-state index in [0.29, 0.717) is 50.1 Å². The van der Waals surface area contributed by atoms with Crippen LogP contribution in [0, 0.1) is 0 Å². The van der Waals surface area contributed by atoms with Gasteiger partial charge in [-0.3, -0.25) is 0 Å². The molecule has 0 N–H and O–H groups in total. The monoisotopic (exact) mass is 618 g/mol. The van der Waals surface area contributed by atoms with E-state index >= 15 is 0 Å². The SMILES string of the molecule is CCCO[Si](CCC(C)SSSC(C)CC[Si](OCCC)(OCCC)OCCC)(OCCC)OCCC. The maximum Gasteiger partial charge on any atom is 0.500 e. The third-order valence-electron chi connectivity index (χ3n) is 5.28. The van der Waals surface area contributed by atoms with Crippen LogP contribution in [0.5, 0.6) is 0 Å². The summed E-state index contributed by atoms with van der Waals surface area (Å²) in [6.45, 7) is 21.7. The highest BCUT2D eigenvalue weighted by atomic mass is 33.5. The van der Waals surface area contributed by atoms with Gasteiger partial charge in [-0.2, -0.15) is 0 Å². The predicted molar refractivity (Wildman–Crippen MR) is 170 cm³/mol. The Morgan fingerprint density at radius 3 is 0.919 bits per heavy atom. The van der Waals surface area contributed by atoms with E-state index in [4.69, 9.17) is 26.6 Å². The fourth-order valence-corrected chi connectivity index (χ4v) is 14.8. The third kappa shape index (κ3) is 19.1. The first-order valence-corrected chi connectivity index (χ1v) is 22.2. The Morgan fingerprint density at radius 1 is 0.459 bits per heavy atom. The molecule has 37 heavy (non-hydrogen) atoms. The van der Waals surface area contributed by atoms with E-state index in [-0.39, 0.29) is 0 Å². The van der Waals surface area contributed by atoms with E-state index in [0.717, 1.165) is 63.5 Å². The third-order valence-corrected chi connectivity index (χ3v) is 16.1. The Balaban J connectivity index is 4.74. The smallest absolute Gasteiger partial charge is 0.373 e. The van der Waals surface area contributed by atoms with Gasteiger partial charge in [-0.05, 0) is 61.2 Å². The van der Waals surface area contributed by atoms with E-state index in [1.54, 1.807) is 0 Å². The summed E-state index contributed by atoms with van der Waals surface area (Å²) >= 11 is 0. The van der Waals surface area contributed by atoms with Crippen molar-refractivity contribution in [2.75, 3.05) is 39.6 Å². The van der Waals surface area contributed by atoms with Crippen molar-refractivity contribution in [3.05, 3.63) is 0 Å². The van der Waals surface area contributed by atoms with Gasteiger partial charge in [-0.25, -0.2) is 0 Å². The van der Waals surface area contributed by atoms with Crippen LogP contribution in [-0.4, -0.2) is 67.8 Å². The van der Waals surface area contributed by atoms with E-state index in [1.165, 1.54) is 0 Å². The van der Waals surface area contributed by atoms with Crippen molar-refractivity contribution in [1.29, 1.82) is 0 Å². The quantitative estimate of drug-likeness (QED) is 0.0631. The van der Waals surface area contributed by atoms with Gasteiger partial charge in [0.2, 0.25) is 0 Å². The molecule has 0 fully saturated rings. The van der Waals surface area contributed by atoms with Crippen LogP contribution in [0.1, 0.15) is 107 Å². The normalized spacial score (nSPS) is 14.3. The molecule has 224 valence electrons. The first-order valence-electron chi connectivity index (χ1n) is 14.7. The maximum absolute atomic E-state index is 6.27. The average molecular weight is 619 g/mol. The largest absolute Gasteiger partial charge is 0.500 e. The lowest BCUT2D eigenvalue weighted by Gasteiger charge is -2.30. The first kappa shape index (κ1) is 38.2. The summed E-state index contributed by atoms with van der Waals surface area (Å²) in [6.07, 6.45) is 7.96. The Kier molecular flexibility index (Phi) is 25.8. The molecule has 0 saturated carbocycles. The van der Waals surface area contributed by atoms with Crippen molar-refractivity contribution in [3.8, 4) is 0 Å². The molecule has 0 aromatic heterocycles. The highest BCUT2D eigenvalue weighted by molar-refractivity contribution is 9.09. The lowest BCUT2D eigenvalue weighted by Crippen LogP contribution is -2.47. The highest BCUT2D eigenvalue weighted by Crippen LogP contribution is 2.43. The van der Waals surface area contributed by atoms with Crippen molar-refractivity contribution < 1.29 is 26.6 Å². The van der Waals surface area contributed by atoms with Crippen LogP contribution < -0.4 is 0 Å². The molecule has 0 radical (unpaired) electrons. The molecule has 0 amide bonds. The predicted octanol–water partition coefficient (Wildman–Crippen LogP) is 9.01.